The van der Waals surface area contributed by atoms with Crippen molar-refractivity contribution in [2.75, 3.05) is 5.32 Å². The first-order valence-electron chi connectivity index (χ1n) is 8.77. The van der Waals surface area contributed by atoms with E-state index in [0.29, 0.717) is 11.1 Å². The standard InChI is InChI=1S/C21H26N2O2/c1-5-15(4)22-20(24)17-10-12-18(13-11-17)21(25)23-19-14(3)8-7-9-16(19)6-2/h7-13,15H,5-6H2,1-4H3,(H,22,24)(H,23,25). The van der Waals surface area contributed by atoms with Crippen LogP contribution in [0.2, 0.25) is 0 Å². The molecule has 0 spiro atoms. The van der Waals surface area contributed by atoms with Gasteiger partial charge in [-0.05, 0) is 62.1 Å². The van der Waals surface area contributed by atoms with Crippen LogP contribution in [0.4, 0.5) is 5.69 Å². The molecule has 0 heterocycles. The van der Waals surface area contributed by atoms with Crippen molar-refractivity contribution in [2.24, 2.45) is 0 Å². The van der Waals surface area contributed by atoms with E-state index in [-0.39, 0.29) is 17.9 Å². The van der Waals surface area contributed by atoms with Crippen LogP contribution in [-0.2, 0) is 6.42 Å². The average Bonchev–Trinajstić information content (AvgIpc) is 2.63. The number of anilines is 1. The second-order valence-electron chi connectivity index (χ2n) is 6.28. The minimum atomic E-state index is -0.169. The number of hydrogen-bond acceptors (Lipinski definition) is 2. The summed E-state index contributed by atoms with van der Waals surface area (Å²) in [5, 5.41) is 5.91. The quantitative estimate of drug-likeness (QED) is 0.823. The van der Waals surface area contributed by atoms with Gasteiger partial charge in [-0.25, -0.2) is 0 Å². The number of benzene rings is 2. The zero-order chi connectivity index (χ0) is 18.4. The Bertz CT molecular complexity index is 751. The first kappa shape index (κ1) is 18.7. The van der Waals surface area contributed by atoms with Crippen molar-refractivity contribution >= 4 is 17.5 Å². The lowest BCUT2D eigenvalue weighted by atomic mass is 10.0. The number of para-hydroxylation sites is 1. The molecule has 0 aliphatic heterocycles. The topological polar surface area (TPSA) is 58.2 Å². The summed E-state index contributed by atoms with van der Waals surface area (Å²) in [7, 11) is 0. The molecule has 0 aliphatic rings. The van der Waals surface area contributed by atoms with Gasteiger partial charge in [-0.15, -0.1) is 0 Å². The molecule has 0 saturated carbocycles. The minimum Gasteiger partial charge on any atom is -0.350 e. The number of rotatable bonds is 6. The normalized spacial score (nSPS) is 11.7. The Morgan fingerprint density at radius 3 is 2.12 bits per heavy atom. The van der Waals surface area contributed by atoms with Crippen molar-refractivity contribution in [3.63, 3.8) is 0 Å². The molecule has 132 valence electrons. The third kappa shape index (κ3) is 4.69. The molecule has 2 amide bonds. The molecule has 0 saturated heterocycles. The number of nitrogens with one attached hydrogen (secondary N) is 2. The molecule has 2 aromatic carbocycles. The van der Waals surface area contributed by atoms with E-state index in [9.17, 15) is 9.59 Å². The van der Waals surface area contributed by atoms with Gasteiger partial charge in [-0.2, -0.15) is 0 Å². The first-order chi connectivity index (χ1) is 12.0. The number of carbonyl (C=O) groups is 2. The van der Waals surface area contributed by atoms with Crippen LogP contribution in [0, 0.1) is 6.92 Å². The zero-order valence-electron chi connectivity index (χ0n) is 15.3. The Kier molecular flexibility index (Phi) is 6.34. The van der Waals surface area contributed by atoms with E-state index >= 15 is 0 Å². The van der Waals surface area contributed by atoms with Gasteiger partial charge in [-0.3, -0.25) is 9.59 Å². The number of amides is 2. The Morgan fingerprint density at radius 2 is 1.56 bits per heavy atom. The van der Waals surface area contributed by atoms with Crippen LogP contribution in [-0.4, -0.2) is 17.9 Å². The predicted molar refractivity (Wildman–Crippen MR) is 102 cm³/mol. The highest BCUT2D eigenvalue weighted by Crippen LogP contribution is 2.22. The van der Waals surface area contributed by atoms with E-state index in [2.05, 4.69) is 17.6 Å². The van der Waals surface area contributed by atoms with Crippen LogP contribution >= 0.6 is 0 Å². The van der Waals surface area contributed by atoms with E-state index in [0.717, 1.165) is 29.7 Å². The van der Waals surface area contributed by atoms with Crippen molar-refractivity contribution in [3.05, 3.63) is 64.7 Å². The second kappa shape index (κ2) is 8.47. The van der Waals surface area contributed by atoms with Gasteiger partial charge in [0.05, 0.1) is 0 Å². The summed E-state index contributed by atoms with van der Waals surface area (Å²) in [6, 6.07) is 12.9. The van der Waals surface area contributed by atoms with Crippen LogP contribution in [0.25, 0.3) is 0 Å². The van der Waals surface area contributed by atoms with Gasteiger partial charge in [0, 0.05) is 22.9 Å². The third-order valence-electron chi connectivity index (χ3n) is 4.38. The van der Waals surface area contributed by atoms with Crippen LogP contribution < -0.4 is 10.6 Å². The summed E-state index contributed by atoms with van der Waals surface area (Å²) in [6.07, 6.45) is 1.73. The molecule has 2 N–H and O–H groups in total. The lowest BCUT2D eigenvalue weighted by Gasteiger charge is -2.14. The molecule has 4 nitrogen and oxygen atoms in total. The van der Waals surface area contributed by atoms with Crippen LogP contribution in [0.15, 0.2) is 42.5 Å². The maximum atomic E-state index is 12.5. The highest BCUT2D eigenvalue weighted by atomic mass is 16.2. The summed E-state index contributed by atoms with van der Waals surface area (Å²) < 4.78 is 0. The lowest BCUT2D eigenvalue weighted by Crippen LogP contribution is -2.31. The van der Waals surface area contributed by atoms with Crippen molar-refractivity contribution in [2.45, 2.75) is 46.6 Å². The lowest BCUT2D eigenvalue weighted by molar-refractivity contribution is 0.0937. The van der Waals surface area contributed by atoms with Crippen molar-refractivity contribution in [3.8, 4) is 0 Å². The highest BCUT2D eigenvalue weighted by molar-refractivity contribution is 6.05. The van der Waals surface area contributed by atoms with Gasteiger partial charge >= 0.3 is 0 Å². The number of aryl methyl sites for hydroxylation is 2. The van der Waals surface area contributed by atoms with Gasteiger partial charge in [0.2, 0.25) is 0 Å². The summed E-state index contributed by atoms with van der Waals surface area (Å²) in [5.74, 6) is -0.286. The summed E-state index contributed by atoms with van der Waals surface area (Å²) >= 11 is 0. The zero-order valence-corrected chi connectivity index (χ0v) is 15.3. The maximum Gasteiger partial charge on any atom is 0.255 e. The largest absolute Gasteiger partial charge is 0.350 e. The Hall–Kier alpha value is -2.62. The van der Waals surface area contributed by atoms with E-state index in [4.69, 9.17) is 0 Å². The summed E-state index contributed by atoms with van der Waals surface area (Å²) in [6.45, 7) is 8.04. The smallest absolute Gasteiger partial charge is 0.255 e. The fraction of sp³-hybridized carbons (Fsp3) is 0.333. The van der Waals surface area contributed by atoms with Gasteiger partial charge in [-0.1, -0.05) is 32.0 Å². The monoisotopic (exact) mass is 338 g/mol. The van der Waals surface area contributed by atoms with Gasteiger partial charge < -0.3 is 10.6 Å². The molecule has 2 rings (SSSR count). The van der Waals surface area contributed by atoms with E-state index in [1.165, 1.54) is 0 Å². The molecule has 4 heteroatoms. The average molecular weight is 338 g/mol. The van der Waals surface area contributed by atoms with E-state index in [1.807, 2.05) is 39.0 Å². The summed E-state index contributed by atoms with van der Waals surface area (Å²) in [5.41, 5.74) is 4.11. The third-order valence-corrected chi connectivity index (χ3v) is 4.38. The predicted octanol–water partition coefficient (Wildman–Crippen LogP) is 4.34. The first-order valence-corrected chi connectivity index (χ1v) is 8.77. The van der Waals surface area contributed by atoms with E-state index in [1.54, 1.807) is 24.3 Å². The second-order valence-corrected chi connectivity index (χ2v) is 6.28. The molecule has 25 heavy (non-hydrogen) atoms. The molecular formula is C21H26N2O2. The Morgan fingerprint density at radius 1 is 0.960 bits per heavy atom. The van der Waals surface area contributed by atoms with Crippen molar-refractivity contribution < 1.29 is 9.59 Å². The Labute approximate surface area is 149 Å². The van der Waals surface area contributed by atoms with Gasteiger partial charge in [0.15, 0.2) is 0 Å². The number of carbonyl (C=O) groups excluding carboxylic acids is 2. The fourth-order valence-corrected chi connectivity index (χ4v) is 2.57. The molecule has 0 radical (unpaired) electrons. The molecule has 0 aliphatic carbocycles. The maximum absolute atomic E-state index is 12.5. The minimum absolute atomic E-state index is 0.117. The van der Waals surface area contributed by atoms with Crippen LogP contribution in [0.3, 0.4) is 0 Å². The molecule has 1 unspecified atom stereocenters. The van der Waals surface area contributed by atoms with Crippen LogP contribution in [0.1, 0.15) is 59.0 Å². The molecule has 2 aromatic rings. The molecule has 0 aromatic heterocycles. The molecule has 0 fully saturated rings. The van der Waals surface area contributed by atoms with Gasteiger partial charge in [0.25, 0.3) is 11.8 Å². The molecule has 1 atom stereocenters. The highest BCUT2D eigenvalue weighted by Gasteiger charge is 2.13. The summed E-state index contributed by atoms with van der Waals surface area (Å²) in [4.78, 5) is 24.6. The van der Waals surface area contributed by atoms with Crippen molar-refractivity contribution in [1.29, 1.82) is 0 Å². The SMILES string of the molecule is CCc1cccc(C)c1NC(=O)c1ccc(C(=O)NC(C)CC)cc1. The van der Waals surface area contributed by atoms with Gasteiger partial charge in [0.1, 0.15) is 0 Å². The molecular weight excluding hydrogens is 312 g/mol. The van der Waals surface area contributed by atoms with Crippen molar-refractivity contribution in [1.82, 2.24) is 5.32 Å². The van der Waals surface area contributed by atoms with E-state index < -0.39 is 0 Å². The Balaban J connectivity index is 2.12. The number of hydrogen-bond donors (Lipinski definition) is 2. The molecule has 0 bridgehead atoms. The fourth-order valence-electron chi connectivity index (χ4n) is 2.57. The van der Waals surface area contributed by atoms with Crippen LogP contribution in [0.5, 0.6) is 0 Å².